The summed E-state index contributed by atoms with van der Waals surface area (Å²) in [6, 6.07) is 16.3. The van der Waals surface area contributed by atoms with Gasteiger partial charge in [-0.3, -0.25) is 9.59 Å². The second-order valence-electron chi connectivity index (χ2n) is 9.68. The number of hydrogen-bond donors (Lipinski definition) is 2. The number of carboxylic acid groups (broad SMARTS) is 1. The van der Waals surface area contributed by atoms with Gasteiger partial charge in [-0.15, -0.1) is 0 Å². The van der Waals surface area contributed by atoms with Gasteiger partial charge < -0.3 is 20.1 Å². The summed E-state index contributed by atoms with van der Waals surface area (Å²) in [6.07, 6.45) is -0.202. The summed E-state index contributed by atoms with van der Waals surface area (Å²) in [6.45, 7) is 6.55. The predicted molar refractivity (Wildman–Crippen MR) is 128 cm³/mol. The Morgan fingerprint density at radius 1 is 1.06 bits per heavy atom. The fourth-order valence-corrected chi connectivity index (χ4v) is 5.19. The molecule has 1 aliphatic carbocycles. The van der Waals surface area contributed by atoms with Crippen LogP contribution in [0.15, 0.2) is 48.5 Å². The lowest BCUT2D eigenvalue weighted by Crippen LogP contribution is -2.57. The van der Waals surface area contributed by atoms with Crippen LogP contribution < -0.4 is 5.32 Å². The molecule has 1 unspecified atom stereocenters. The summed E-state index contributed by atoms with van der Waals surface area (Å²) < 4.78 is 5.65. The van der Waals surface area contributed by atoms with Gasteiger partial charge in [-0.05, 0) is 47.4 Å². The maximum atomic E-state index is 13.3. The zero-order valence-corrected chi connectivity index (χ0v) is 19.9. The molecular formula is C27H32N2O5. The molecule has 4 rings (SSSR count). The van der Waals surface area contributed by atoms with Crippen molar-refractivity contribution in [1.29, 1.82) is 0 Å². The highest BCUT2D eigenvalue weighted by atomic mass is 16.5. The van der Waals surface area contributed by atoms with E-state index in [4.69, 9.17) is 9.84 Å². The first-order valence-corrected chi connectivity index (χ1v) is 11.9. The molecule has 7 nitrogen and oxygen atoms in total. The van der Waals surface area contributed by atoms with E-state index >= 15 is 0 Å². The minimum Gasteiger partial charge on any atom is -0.481 e. The number of nitrogens with zero attached hydrogens (tertiary/aromatic N) is 1. The van der Waals surface area contributed by atoms with E-state index in [1.165, 1.54) is 0 Å². The number of rotatable bonds is 7. The molecule has 2 aromatic rings. The molecule has 2 amide bonds. The summed E-state index contributed by atoms with van der Waals surface area (Å²) in [7, 11) is 0. The van der Waals surface area contributed by atoms with E-state index in [0.717, 1.165) is 22.3 Å². The summed E-state index contributed by atoms with van der Waals surface area (Å²) in [4.78, 5) is 38.9. The van der Waals surface area contributed by atoms with Gasteiger partial charge in [0.25, 0.3) is 0 Å². The van der Waals surface area contributed by atoms with Gasteiger partial charge in [-0.2, -0.15) is 0 Å². The Morgan fingerprint density at radius 2 is 1.65 bits per heavy atom. The molecule has 0 spiro atoms. The van der Waals surface area contributed by atoms with E-state index in [0.29, 0.717) is 19.5 Å². The smallest absolute Gasteiger partial charge is 0.408 e. The number of likely N-dealkylation sites (tertiary alicyclic amines) is 1. The first-order valence-electron chi connectivity index (χ1n) is 11.9. The average Bonchev–Trinajstić information content (AvgIpc) is 3.34. The van der Waals surface area contributed by atoms with E-state index in [2.05, 4.69) is 29.6 Å². The molecule has 0 bridgehead atoms. The zero-order valence-electron chi connectivity index (χ0n) is 19.9. The van der Waals surface area contributed by atoms with Crippen LogP contribution in [0.25, 0.3) is 11.1 Å². The van der Waals surface area contributed by atoms with Crippen molar-refractivity contribution in [1.82, 2.24) is 10.2 Å². The fraction of sp³-hybridized carbons (Fsp3) is 0.444. The summed E-state index contributed by atoms with van der Waals surface area (Å²) in [5, 5.41) is 11.9. The number of amides is 2. The molecule has 2 aromatic carbocycles. The third-order valence-corrected chi connectivity index (χ3v) is 7.39. The summed E-state index contributed by atoms with van der Waals surface area (Å²) in [5.74, 6) is -1.12. The second kappa shape index (κ2) is 9.49. The number of carbonyl (C=O) groups excluding carboxylic acids is 2. The molecule has 2 aliphatic rings. The van der Waals surface area contributed by atoms with E-state index in [-0.39, 0.29) is 36.7 Å². The number of carboxylic acids is 1. The van der Waals surface area contributed by atoms with Gasteiger partial charge >= 0.3 is 12.1 Å². The van der Waals surface area contributed by atoms with Crippen LogP contribution in [-0.2, 0) is 14.3 Å². The third kappa shape index (κ3) is 4.52. The fourth-order valence-electron chi connectivity index (χ4n) is 5.19. The van der Waals surface area contributed by atoms with Crippen molar-refractivity contribution in [3.05, 3.63) is 59.7 Å². The van der Waals surface area contributed by atoms with Crippen LogP contribution in [0.3, 0.4) is 0 Å². The minimum absolute atomic E-state index is 0.0353. The Labute approximate surface area is 200 Å². The predicted octanol–water partition coefficient (Wildman–Crippen LogP) is 4.26. The number of aliphatic carboxylic acids is 1. The van der Waals surface area contributed by atoms with Gasteiger partial charge in [0.05, 0.1) is 6.42 Å². The maximum absolute atomic E-state index is 13.3. The van der Waals surface area contributed by atoms with Crippen molar-refractivity contribution in [2.24, 2.45) is 11.8 Å². The first-order chi connectivity index (χ1) is 16.2. The topological polar surface area (TPSA) is 95.9 Å². The number of nitrogens with one attached hydrogen (secondary N) is 1. The van der Waals surface area contributed by atoms with Crippen molar-refractivity contribution < 1.29 is 24.2 Å². The SMILES string of the molecule is CCC(C)(NC(=O)OCC1c2ccccc2-c2ccccc21)C(=O)N1C[C@@H](CC(=O)O)[C@H](C)C1. The minimum atomic E-state index is -1.12. The van der Waals surface area contributed by atoms with Gasteiger partial charge in [0.1, 0.15) is 12.1 Å². The highest BCUT2D eigenvalue weighted by Crippen LogP contribution is 2.44. The van der Waals surface area contributed by atoms with Gasteiger partial charge in [0.2, 0.25) is 5.91 Å². The van der Waals surface area contributed by atoms with E-state index in [1.807, 2.05) is 38.1 Å². The molecule has 0 radical (unpaired) electrons. The molecular weight excluding hydrogens is 432 g/mol. The van der Waals surface area contributed by atoms with Crippen molar-refractivity contribution in [2.45, 2.75) is 45.1 Å². The van der Waals surface area contributed by atoms with Gasteiger partial charge in [-0.25, -0.2) is 4.79 Å². The lowest BCUT2D eigenvalue weighted by atomic mass is 9.95. The molecule has 0 aromatic heterocycles. The normalized spacial score (nSPS) is 20.9. The molecule has 0 saturated carbocycles. The Kier molecular flexibility index (Phi) is 6.64. The lowest BCUT2D eigenvalue weighted by molar-refractivity contribution is -0.139. The van der Waals surface area contributed by atoms with Crippen molar-refractivity contribution in [3.8, 4) is 11.1 Å². The average molecular weight is 465 g/mol. The third-order valence-electron chi connectivity index (χ3n) is 7.39. The number of benzene rings is 2. The van der Waals surface area contributed by atoms with Gasteiger partial charge in [-0.1, -0.05) is 62.4 Å². The molecule has 180 valence electrons. The molecule has 1 heterocycles. The van der Waals surface area contributed by atoms with Gasteiger partial charge in [0, 0.05) is 19.0 Å². The van der Waals surface area contributed by atoms with Crippen molar-refractivity contribution >= 4 is 18.0 Å². The quantitative estimate of drug-likeness (QED) is 0.638. The van der Waals surface area contributed by atoms with Gasteiger partial charge in [0.15, 0.2) is 0 Å². The molecule has 1 fully saturated rings. The van der Waals surface area contributed by atoms with E-state index < -0.39 is 17.6 Å². The maximum Gasteiger partial charge on any atom is 0.408 e. The van der Waals surface area contributed by atoms with E-state index in [9.17, 15) is 14.4 Å². The van der Waals surface area contributed by atoms with Crippen LogP contribution in [0.1, 0.15) is 50.7 Å². The number of hydrogen-bond acceptors (Lipinski definition) is 4. The van der Waals surface area contributed by atoms with Crippen molar-refractivity contribution in [2.75, 3.05) is 19.7 Å². The molecule has 34 heavy (non-hydrogen) atoms. The molecule has 2 N–H and O–H groups in total. The van der Waals surface area contributed by atoms with Crippen LogP contribution in [0.4, 0.5) is 4.79 Å². The Hall–Kier alpha value is -3.35. The standard InChI is InChI=1S/C27H32N2O5/c1-4-27(3,25(32)29-14-17(2)18(15-29)13-24(30)31)28-26(33)34-16-23-21-11-7-5-9-19(21)20-10-6-8-12-22(20)23/h5-12,17-18,23H,4,13-16H2,1-3H3,(H,28,33)(H,30,31)/t17-,18-,27?/m1/s1. The molecule has 3 atom stereocenters. The number of fused-ring (bicyclic) bond motifs is 3. The first kappa shape index (κ1) is 23.8. The lowest BCUT2D eigenvalue weighted by Gasteiger charge is -2.32. The van der Waals surface area contributed by atoms with E-state index in [1.54, 1.807) is 11.8 Å². The Morgan fingerprint density at radius 3 is 2.21 bits per heavy atom. The summed E-state index contributed by atoms with van der Waals surface area (Å²) >= 11 is 0. The van der Waals surface area contributed by atoms with Crippen LogP contribution >= 0.6 is 0 Å². The highest BCUT2D eigenvalue weighted by Gasteiger charge is 2.42. The highest BCUT2D eigenvalue weighted by molar-refractivity contribution is 5.90. The molecule has 7 heteroatoms. The van der Waals surface area contributed by atoms with Crippen molar-refractivity contribution in [3.63, 3.8) is 0 Å². The number of alkyl carbamates (subject to hydrolysis) is 1. The largest absolute Gasteiger partial charge is 0.481 e. The second-order valence-corrected chi connectivity index (χ2v) is 9.68. The Balaban J connectivity index is 1.41. The monoisotopic (exact) mass is 464 g/mol. The van der Waals surface area contributed by atoms with Crippen LogP contribution in [-0.4, -0.2) is 53.2 Å². The molecule has 1 saturated heterocycles. The zero-order chi connectivity index (χ0) is 24.5. The molecule has 1 aliphatic heterocycles. The summed E-state index contributed by atoms with van der Waals surface area (Å²) in [5.41, 5.74) is 3.43. The van der Waals surface area contributed by atoms with Crippen LogP contribution in [0.2, 0.25) is 0 Å². The Bertz CT molecular complexity index is 1050. The number of carbonyl (C=O) groups is 3. The van der Waals surface area contributed by atoms with Crippen LogP contribution in [0.5, 0.6) is 0 Å². The van der Waals surface area contributed by atoms with Crippen LogP contribution in [0, 0.1) is 11.8 Å². The number of ether oxygens (including phenoxy) is 1.